The molecule has 0 aliphatic heterocycles. The molecule has 0 bridgehead atoms. The predicted octanol–water partition coefficient (Wildman–Crippen LogP) is 0.126. The molecule has 1 amide bonds. The summed E-state index contributed by atoms with van der Waals surface area (Å²) in [6.07, 6.45) is 2.09. The van der Waals surface area contributed by atoms with Crippen LogP contribution in [0.25, 0.3) is 11.0 Å². The molecule has 8 nitrogen and oxygen atoms in total. The van der Waals surface area contributed by atoms with Gasteiger partial charge in [-0.1, -0.05) is 13.8 Å². The fourth-order valence-corrected chi connectivity index (χ4v) is 3.02. The van der Waals surface area contributed by atoms with E-state index in [1.807, 2.05) is 6.92 Å². The van der Waals surface area contributed by atoms with Gasteiger partial charge in [-0.3, -0.25) is 18.7 Å². The molecule has 0 saturated carbocycles. The van der Waals surface area contributed by atoms with Gasteiger partial charge in [0.25, 0.3) is 11.5 Å². The maximum atomic E-state index is 12.6. The van der Waals surface area contributed by atoms with Crippen LogP contribution in [0.2, 0.25) is 0 Å². The van der Waals surface area contributed by atoms with E-state index in [4.69, 9.17) is 5.73 Å². The lowest BCUT2D eigenvalue weighted by molar-refractivity contribution is 0.0898. The highest BCUT2D eigenvalue weighted by atomic mass is 16.2. The number of nitrogens with zero attached hydrogens (tertiary/aromatic N) is 3. The van der Waals surface area contributed by atoms with Gasteiger partial charge in [-0.05, 0) is 25.3 Å². The largest absolute Gasteiger partial charge is 0.346 e. The lowest BCUT2D eigenvalue weighted by Gasteiger charge is -2.31. The zero-order chi connectivity index (χ0) is 18.9. The van der Waals surface area contributed by atoms with Gasteiger partial charge in [0.15, 0.2) is 0 Å². The summed E-state index contributed by atoms with van der Waals surface area (Å²) in [6.45, 7) is 6.31. The Kier molecular flexibility index (Phi) is 5.12. The summed E-state index contributed by atoms with van der Waals surface area (Å²) in [5, 5.41) is 3.15. The summed E-state index contributed by atoms with van der Waals surface area (Å²) in [5.74, 6) is 0.0179. The highest BCUT2D eigenvalue weighted by Gasteiger charge is 2.26. The minimum Gasteiger partial charge on any atom is -0.346 e. The Morgan fingerprint density at radius 2 is 1.96 bits per heavy atom. The number of aryl methyl sites for hydroxylation is 1. The molecule has 0 saturated heterocycles. The average Bonchev–Trinajstić information content (AvgIpc) is 2.56. The van der Waals surface area contributed by atoms with Crippen molar-refractivity contribution in [2.45, 2.75) is 32.7 Å². The van der Waals surface area contributed by atoms with Gasteiger partial charge >= 0.3 is 5.69 Å². The van der Waals surface area contributed by atoms with Gasteiger partial charge in [-0.25, -0.2) is 9.78 Å². The van der Waals surface area contributed by atoms with Gasteiger partial charge in [0.2, 0.25) is 0 Å². The molecule has 0 spiro atoms. The molecule has 0 fully saturated rings. The summed E-state index contributed by atoms with van der Waals surface area (Å²) in [5.41, 5.74) is 4.84. The van der Waals surface area contributed by atoms with Crippen LogP contribution < -0.4 is 22.3 Å². The number of rotatable bonds is 5. The fraction of sp³-hybridized carbons (Fsp3) is 0.529. The molecule has 2 heterocycles. The molecule has 2 aromatic heterocycles. The lowest BCUT2D eigenvalue weighted by Crippen LogP contribution is -2.52. The Balaban J connectivity index is 2.47. The van der Waals surface area contributed by atoms with Crippen molar-refractivity contribution in [1.82, 2.24) is 19.4 Å². The number of nitrogens with one attached hydrogen (secondary N) is 1. The van der Waals surface area contributed by atoms with Crippen molar-refractivity contribution in [2.24, 2.45) is 25.7 Å². The third kappa shape index (κ3) is 3.63. The molecule has 2 aromatic rings. The van der Waals surface area contributed by atoms with Crippen LogP contribution >= 0.6 is 0 Å². The molecule has 8 heteroatoms. The van der Waals surface area contributed by atoms with E-state index in [9.17, 15) is 14.4 Å². The quantitative estimate of drug-likeness (QED) is 0.798. The Labute approximate surface area is 145 Å². The lowest BCUT2D eigenvalue weighted by atomic mass is 9.90. The van der Waals surface area contributed by atoms with E-state index < -0.39 is 16.8 Å². The maximum absolute atomic E-state index is 12.6. The van der Waals surface area contributed by atoms with Crippen LogP contribution in [0.4, 0.5) is 0 Å². The van der Waals surface area contributed by atoms with Gasteiger partial charge in [0.1, 0.15) is 5.65 Å². The van der Waals surface area contributed by atoms with Crippen molar-refractivity contribution >= 4 is 16.9 Å². The minimum absolute atomic E-state index is 0.218. The summed E-state index contributed by atoms with van der Waals surface area (Å²) in [6, 6.07) is 1.46. The minimum atomic E-state index is -0.547. The molecule has 0 aliphatic rings. The topological polar surface area (TPSA) is 112 Å². The molecule has 3 N–H and O–H groups in total. The zero-order valence-corrected chi connectivity index (χ0v) is 15.3. The number of hydrogen-bond donors (Lipinski definition) is 2. The second-order valence-corrected chi connectivity index (χ2v) is 7.12. The Morgan fingerprint density at radius 1 is 1.32 bits per heavy atom. The second-order valence-electron chi connectivity index (χ2n) is 7.12. The standard InChI is InChI=1S/C17H25N5O3/c1-10(2)7-17(3,9-18)20-14(23)11-6-12-13(19-8-11)21(4)16(25)22(5)15(12)24/h6,8,10H,7,9,18H2,1-5H3,(H,20,23). The number of amides is 1. The molecular weight excluding hydrogens is 322 g/mol. The number of aromatic nitrogens is 3. The van der Waals surface area contributed by atoms with Gasteiger partial charge in [-0.2, -0.15) is 0 Å². The van der Waals surface area contributed by atoms with Crippen LogP contribution in [-0.2, 0) is 14.1 Å². The Bertz CT molecular complexity index is 928. The summed E-state index contributed by atoms with van der Waals surface area (Å²) in [7, 11) is 2.93. The highest BCUT2D eigenvalue weighted by Crippen LogP contribution is 2.16. The van der Waals surface area contributed by atoms with Crippen LogP contribution in [-0.4, -0.2) is 32.1 Å². The van der Waals surface area contributed by atoms with Gasteiger partial charge in [-0.15, -0.1) is 0 Å². The number of pyridine rings is 1. The molecule has 25 heavy (non-hydrogen) atoms. The van der Waals surface area contributed by atoms with Crippen LogP contribution in [0.15, 0.2) is 21.9 Å². The predicted molar refractivity (Wildman–Crippen MR) is 96.6 cm³/mol. The molecule has 0 aromatic carbocycles. The molecule has 2 rings (SSSR count). The third-order valence-electron chi connectivity index (χ3n) is 4.28. The first-order valence-corrected chi connectivity index (χ1v) is 8.18. The van der Waals surface area contributed by atoms with Crippen LogP contribution in [0.1, 0.15) is 37.6 Å². The van der Waals surface area contributed by atoms with E-state index in [2.05, 4.69) is 24.1 Å². The SMILES string of the molecule is CC(C)CC(C)(CN)NC(=O)c1cnc2c(c1)c(=O)n(C)c(=O)n2C. The van der Waals surface area contributed by atoms with Crippen molar-refractivity contribution in [3.05, 3.63) is 38.7 Å². The van der Waals surface area contributed by atoms with Gasteiger partial charge in [0.05, 0.1) is 10.9 Å². The fourth-order valence-electron chi connectivity index (χ4n) is 3.02. The molecule has 0 radical (unpaired) electrons. The van der Waals surface area contributed by atoms with E-state index in [1.165, 1.54) is 30.9 Å². The van der Waals surface area contributed by atoms with Crippen molar-refractivity contribution in [3.8, 4) is 0 Å². The van der Waals surface area contributed by atoms with Gasteiger partial charge in [0, 0.05) is 32.4 Å². The van der Waals surface area contributed by atoms with E-state index in [0.29, 0.717) is 12.5 Å². The number of hydrogen-bond acceptors (Lipinski definition) is 5. The summed E-state index contributed by atoms with van der Waals surface area (Å²) in [4.78, 5) is 41.0. The highest BCUT2D eigenvalue weighted by molar-refractivity contribution is 5.97. The van der Waals surface area contributed by atoms with Crippen LogP contribution in [0.5, 0.6) is 0 Å². The number of carbonyl (C=O) groups excluding carboxylic acids is 1. The van der Waals surface area contributed by atoms with Crippen molar-refractivity contribution in [1.29, 1.82) is 0 Å². The Hall–Kier alpha value is -2.48. The first kappa shape index (κ1) is 18.9. The molecule has 0 aliphatic carbocycles. The van der Waals surface area contributed by atoms with E-state index >= 15 is 0 Å². The van der Waals surface area contributed by atoms with E-state index in [0.717, 1.165) is 11.0 Å². The molecule has 1 unspecified atom stereocenters. The first-order valence-electron chi connectivity index (χ1n) is 8.18. The van der Waals surface area contributed by atoms with Crippen LogP contribution in [0.3, 0.4) is 0 Å². The van der Waals surface area contributed by atoms with Crippen molar-refractivity contribution in [3.63, 3.8) is 0 Å². The van der Waals surface area contributed by atoms with Crippen molar-refractivity contribution < 1.29 is 4.79 Å². The maximum Gasteiger partial charge on any atom is 0.332 e. The third-order valence-corrected chi connectivity index (χ3v) is 4.28. The van der Waals surface area contributed by atoms with Crippen LogP contribution in [0, 0.1) is 5.92 Å². The average molecular weight is 347 g/mol. The number of carbonyl (C=O) groups is 1. The van der Waals surface area contributed by atoms with E-state index in [-0.39, 0.29) is 22.5 Å². The second kappa shape index (κ2) is 6.79. The molecular formula is C17H25N5O3. The monoisotopic (exact) mass is 347 g/mol. The number of nitrogens with two attached hydrogens (primary N) is 1. The normalized spacial score (nSPS) is 13.9. The smallest absolute Gasteiger partial charge is 0.332 e. The van der Waals surface area contributed by atoms with Gasteiger partial charge < -0.3 is 11.1 Å². The summed E-state index contributed by atoms with van der Waals surface area (Å²) >= 11 is 0. The van der Waals surface area contributed by atoms with Crippen molar-refractivity contribution in [2.75, 3.05) is 6.54 Å². The molecule has 1 atom stereocenters. The van der Waals surface area contributed by atoms with E-state index in [1.54, 1.807) is 0 Å². The molecule has 136 valence electrons. The number of fused-ring (bicyclic) bond motifs is 1. The Morgan fingerprint density at radius 3 is 2.52 bits per heavy atom. The first-order chi connectivity index (χ1) is 11.6. The summed E-state index contributed by atoms with van der Waals surface area (Å²) < 4.78 is 2.27. The zero-order valence-electron chi connectivity index (χ0n) is 15.3.